The van der Waals surface area contributed by atoms with Crippen LogP contribution in [0.2, 0.25) is 17.1 Å². The zero-order valence-electron chi connectivity index (χ0n) is 8.10. The van der Waals surface area contributed by atoms with Crippen molar-refractivity contribution in [3.63, 3.8) is 0 Å². The Morgan fingerprint density at radius 3 is 1.83 bits per heavy atom. The second-order valence-corrected chi connectivity index (χ2v) is 9.62. The first-order valence-corrected chi connectivity index (χ1v) is 7.59. The van der Waals surface area contributed by atoms with Gasteiger partial charge in [-0.3, -0.25) is 0 Å². The van der Waals surface area contributed by atoms with Gasteiger partial charge < -0.3 is 4.79 Å². The quantitative estimate of drug-likeness (QED) is 0.611. The average molecular weight is 182 g/mol. The minimum atomic E-state index is -1.42. The van der Waals surface area contributed by atoms with Crippen LogP contribution in [-0.2, 0) is 4.79 Å². The van der Waals surface area contributed by atoms with Crippen LogP contribution in [-0.4, -0.2) is 13.5 Å². The van der Waals surface area contributed by atoms with Gasteiger partial charge in [0.05, 0.1) is 0 Å². The second-order valence-electron chi connectivity index (χ2n) is 4.50. The first-order valence-electron chi connectivity index (χ1n) is 5.23. The molecule has 2 aliphatic carbocycles. The maximum absolute atomic E-state index is 11.7. The Balaban J connectivity index is 2.21. The van der Waals surface area contributed by atoms with E-state index in [2.05, 4.69) is 6.92 Å². The van der Waals surface area contributed by atoms with Crippen molar-refractivity contribution in [2.45, 2.75) is 56.7 Å². The number of hydrogen-bond donors (Lipinski definition) is 0. The molecule has 0 spiro atoms. The highest BCUT2D eigenvalue weighted by molar-refractivity contribution is 7.08. The van der Waals surface area contributed by atoms with Crippen molar-refractivity contribution in [1.29, 1.82) is 0 Å². The molecule has 0 atom stereocenters. The summed E-state index contributed by atoms with van der Waals surface area (Å²) in [4.78, 5) is 11.7. The van der Waals surface area contributed by atoms with Gasteiger partial charge in [-0.2, -0.15) is 0 Å². The van der Waals surface area contributed by atoms with Gasteiger partial charge in [-0.15, -0.1) is 0 Å². The van der Waals surface area contributed by atoms with Crippen LogP contribution in [0.5, 0.6) is 0 Å². The summed E-state index contributed by atoms with van der Waals surface area (Å²) in [5.41, 5.74) is 1.79. The monoisotopic (exact) mass is 182 g/mol. The van der Waals surface area contributed by atoms with E-state index in [-0.39, 0.29) is 0 Å². The summed E-state index contributed by atoms with van der Waals surface area (Å²) in [6.07, 6.45) is 5.48. The van der Waals surface area contributed by atoms with Crippen molar-refractivity contribution in [3.8, 4) is 0 Å². The summed E-state index contributed by atoms with van der Waals surface area (Å²) >= 11 is 0. The van der Waals surface area contributed by atoms with Crippen molar-refractivity contribution >= 4 is 13.5 Å². The maximum Gasteiger partial charge on any atom is 0.138 e. The van der Waals surface area contributed by atoms with E-state index in [1.54, 1.807) is 0 Å². The van der Waals surface area contributed by atoms with E-state index in [0.717, 1.165) is 11.1 Å². The predicted octanol–water partition coefficient (Wildman–Crippen LogP) is 2.91. The van der Waals surface area contributed by atoms with Gasteiger partial charge in [0.25, 0.3) is 0 Å². The molecule has 0 aromatic carbocycles. The number of hydrogen-bond acceptors (Lipinski definition) is 1. The lowest BCUT2D eigenvalue weighted by Crippen LogP contribution is -2.43. The fourth-order valence-electron chi connectivity index (χ4n) is 2.93. The molecule has 2 aliphatic rings. The first kappa shape index (κ1) is 8.48. The topological polar surface area (TPSA) is 17.1 Å². The Morgan fingerprint density at radius 1 is 1.25 bits per heavy atom. The molecule has 0 aromatic rings. The molecule has 2 fully saturated rings. The summed E-state index contributed by atoms with van der Waals surface area (Å²) in [6.45, 7) is 4.12. The standard InChI is InChI=1S/C10H18OSi/c1-3-12(8(2)11,9-4-5-9)10-6-7-10/h9-10H,3-7H2,1-2H3. The van der Waals surface area contributed by atoms with Gasteiger partial charge in [0.15, 0.2) is 0 Å². The van der Waals surface area contributed by atoms with Crippen molar-refractivity contribution in [3.05, 3.63) is 0 Å². The molecule has 0 bridgehead atoms. The van der Waals surface area contributed by atoms with Crippen LogP contribution in [0.4, 0.5) is 0 Å². The van der Waals surface area contributed by atoms with E-state index in [9.17, 15) is 4.79 Å². The Hall–Kier alpha value is -0.113. The van der Waals surface area contributed by atoms with Crippen molar-refractivity contribution < 1.29 is 4.79 Å². The van der Waals surface area contributed by atoms with E-state index < -0.39 is 8.07 Å². The molecule has 0 aromatic heterocycles. The molecule has 2 heteroatoms. The summed E-state index contributed by atoms with van der Waals surface area (Å²) in [5, 5.41) is 0.606. The third-order valence-corrected chi connectivity index (χ3v) is 10.4. The molecule has 0 heterocycles. The summed E-state index contributed by atoms with van der Waals surface area (Å²) in [7, 11) is -1.42. The molecular formula is C10H18OSi. The largest absolute Gasteiger partial charge is 0.306 e. The summed E-state index contributed by atoms with van der Waals surface area (Å²) in [5.74, 6) is 0. The average Bonchev–Trinajstić information content (AvgIpc) is 2.84. The summed E-state index contributed by atoms with van der Waals surface area (Å²) < 4.78 is 0. The van der Waals surface area contributed by atoms with Crippen LogP contribution in [0, 0.1) is 0 Å². The van der Waals surface area contributed by atoms with E-state index >= 15 is 0 Å². The smallest absolute Gasteiger partial charge is 0.138 e. The van der Waals surface area contributed by atoms with Gasteiger partial charge in [-0.05, 0) is 18.0 Å². The third kappa shape index (κ3) is 1.08. The number of rotatable bonds is 4. The molecule has 2 saturated carbocycles. The van der Waals surface area contributed by atoms with Gasteiger partial charge in [0, 0.05) is 0 Å². The van der Waals surface area contributed by atoms with Crippen LogP contribution in [0.15, 0.2) is 0 Å². The third-order valence-electron chi connectivity index (χ3n) is 3.85. The van der Waals surface area contributed by atoms with E-state index in [1.165, 1.54) is 31.7 Å². The van der Waals surface area contributed by atoms with Crippen molar-refractivity contribution in [2.75, 3.05) is 0 Å². The highest BCUT2D eigenvalue weighted by Crippen LogP contribution is 2.59. The van der Waals surface area contributed by atoms with E-state index in [1.807, 2.05) is 6.92 Å². The molecule has 0 radical (unpaired) electrons. The van der Waals surface area contributed by atoms with Gasteiger partial charge >= 0.3 is 0 Å². The number of carbonyl (C=O) groups is 1. The fraction of sp³-hybridized carbons (Fsp3) is 0.900. The second kappa shape index (κ2) is 2.69. The number of carbonyl (C=O) groups excluding carboxylic acids is 1. The zero-order chi connectivity index (χ0) is 8.77. The van der Waals surface area contributed by atoms with E-state index in [4.69, 9.17) is 0 Å². The molecule has 0 amide bonds. The van der Waals surface area contributed by atoms with Gasteiger partial charge in [0.1, 0.15) is 13.5 Å². The molecule has 68 valence electrons. The minimum absolute atomic E-state index is 0.606. The molecular weight excluding hydrogens is 164 g/mol. The highest BCUT2D eigenvalue weighted by Gasteiger charge is 2.57. The lowest BCUT2D eigenvalue weighted by Gasteiger charge is -2.27. The fourth-order valence-corrected chi connectivity index (χ4v) is 8.79. The minimum Gasteiger partial charge on any atom is -0.306 e. The molecule has 0 N–H and O–H groups in total. The van der Waals surface area contributed by atoms with Crippen LogP contribution < -0.4 is 0 Å². The highest BCUT2D eigenvalue weighted by atomic mass is 28.3. The molecule has 12 heavy (non-hydrogen) atoms. The molecule has 0 saturated heterocycles. The van der Waals surface area contributed by atoms with E-state index in [0.29, 0.717) is 5.41 Å². The lowest BCUT2D eigenvalue weighted by atomic mass is 10.9. The molecule has 1 nitrogen and oxygen atoms in total. The Labute approximate surface area is 75.6 Å². The normalized spacial score (nSPS) is 24.2. The molecule has 0 unspecified atom stereocenters. The Morgan fingerprint density at radius 2 is 1.67 bits per heavy atom. The van der Waals surface area contributed by atoms with Crippen LogP contribution in [0.3, 0.4) is 0 Å². The molecule has 0 aliphatic heterocycles. The first-order chi connectivity index (χ1) is 5.71. The molecule has 2 rings (SSSR count). The van der Waals surface area contributed by atoms with Crippen molar-refractivity contribution in [1.82, 2.24) is 0 Å². The van der Waals surface area contributed by atoms with Crippen LogP contribution in [0.25, 0.3) is 0 Å². The van der Waals surface area contributed by atoms with Gasteiger partial charge in [0.2, 0.25) is 0 Å². The SMILES string of the molecule is CC[Si](C(C)=O)(C1CC1)C1CC1. The summed E-state index contributed by atoms with van der Waals surface area (Å²) in [6, 6.07) is 1.22. The van der Waals surface area contributed by atoms with Crippen LogP contribution >= 0.6 is 0 Å². The predicted molar refractivity (Wildman–Crippen MR) is 52.9 cm³/mol. The van der Waals surface area contributed by atoms with Crippen LogP contribution in [0.1, 0.15) is 39.5 Å². The Kier molecular flexibility index (Phi) is 1.90. The van der Waals surface area contributed by atoms with Gasteiger partial charge in [-0.1, -0.05) is 38.7 Å². The lowest BCUT2D eigenvalue weighted by molar-refractivity contribution is -0.111. The maximum atomic E-state index is 11.7. The van der Waals surface area contributed by atoms with Crippen molar-refractivity contribution in [2.24, 2.45) is 0 Å². The zero-order valence-corrected chi connectivity index (χ0v) is 9.10. The van der Waals surface area contributed by atoms with Gasteiger partial charge in [-0.25, -0.2) is 0 Å². The Bertz CT molecular complexity index is 192.